The third-order valence-electron chi connectivity index (χ3n) is 3.62. The summed E-state index contributed by atoms with van der Waals surface area (Å²) in [7, 11) is 4.23. The molecule has 1 saturated carbocycles. The molecule has 84 valence electrons. The van der Waals surface area contributed by atoms with Crippen LogP contribution in [0.4, 0.5) is 0 Å². The quantitative estimate of drug-likeness (QED) is 0.749. The SMILES string of the molecule is CCC1CCCCC1C(N)CN(C)C. The molecule has 3 unspecified atom stereocenters. The second-order valence-electron chi connectivity index (χ2n) is 5.04. The van der Waals surface area contributed by atoms with Crippen molar-refractivity contribution in [3.8, 4) is 0 Å². The molecule has 0 aromatic heterocycles. The summed E-state index contributed by atoms with van der Waals surface area (Å²) in [6, 6.07) is 0.384. The maximum absolute atomic E-state index is 6.27. The Morgan fingerprint density at radius 1 is 1.29 bits per heavy atom. The minimum absolute atomic E-state index is 0.384. The van der Waals surface area contributed by atoms with Gasteiger partial charge in [0.15, 0.2) is 0 Å². The summed E-state index contributed by atoms with van der Waals surface area (Å²) in [5.74, 6) is 1.66. The Morgan fingerprint density at radius 2 is 1.93 bits per heavy atom. The molecule has 1 aliphatic rings. The highest BCUT2D eigenvalue weighted by Crippen LogP contribution is 2.33. The molecule has 2 heteroatoms. The molecule has 0 amide bonds. The van der Waals surface area contributed by atoms with Crippen LogP contribution in [0.25, 0.3) is 0 Å². The largest absolute Gasteiger partial charge is 0.326 e. The van der Waals surface area contributed by atoms with Gasteiger partial charge in [-0.15, -0.1) is 0 Å². The minimum Gasteiger partial charge on any atom is -0.326 e. The first kappa shape index (κ1) is 12.0. The van der Waals surface area contributed by atoms with Crippen LogP contribution in [0.5, 0.6) is 0 Å². The van der Waals surface area contributed by atoms with Crippen LogP contribution in [-0.2, 0) is 0 Å². The van der Waals surface area contributed by atoms with Crippen molar-refractivity contribution in [3.63, 3.8) is 0 Å². The maximum atomic E-state index is 6.27. The first-order chi connectivity index (χ1) is 6.65. The summed E-state index contributed by atoms with van der Waals surface area (Å²) >= 11 is 0. The van der Waals surface area contributed by atoms with Gasteiger partial charge in [-0.2, -0.15) is 0 Å². The summed E-state index contributed by atoms with van der Waals surface area (Å²) < 4.78 is 0. The van der Waals surface area contributed by atoms with Gasteiger partial charge in [-0.05, 0) is 32.4 Å². The third kappa shape index (κ3) is 3.25. The van der Waals surface area contributed by atoms with E-state index in [1.807, 2.05) is 0 Å². The number of hydrogen-bond donors (Lipinski definition) is 1. The first-order valence-corrected chi connectivity index (χ1v) is 6.05. The van der Waals surface area contributed by atoms with Crippen molar-refractivity contribution in [1.29, 1.82) is 0 Å². The Bertz CT molecular complexity index is 156. The molecule has 1 rings (SSSR count). The topological polar surface area (TPSA) is 29.3 Å². The second kappa shape index (κ2) is 5.72. The summed E-state index contributed by atoms with van der Waals surface area (Å²) in [6.45, 7) is 3.35. The summed E-state index contributed by atoms with van der Waals surface area (Å²) in [6.07, 6.45) is 6.88. The molecule has 0 radical (unpaired) electrons. The summed E-state index contributed by atoms with van der Waals surface area (Å²) in [5.41, 5.74) is 6.27. The van der Waals surface area contributed by atoms with E-state index in [1.165, 1.54) is 32.1 Å². The molecule has 2 N–H and O–H groups in total. The smallest absolute Gasteiger partial charge is 0.0198 e. The van der Waals surface area contributed by atoms with Crippen LogP contribution in [0.1, 0.15) is 39.0 Å². The van der Waals surface area contributed by atoms with E-state index in [0.717, 1.165) is 18.4 Å². The van der Waals surface area contributed by atoms with Crippen LogP contribution >= 0.6 is 0 Å². The van der Waals surface area contributed by atoms with Crippen LogP contribution in [0.3, 0.4) is 0 Å². The van der Waals surface area contributed by atoms with Gasteiger partial charge in [0.05, 0.1) is 0 Å². The fraction of sp³-hybridized carbons (Fsp3) is 1.00. The van der Waals surface area contributed by atoms with Crippen LogP contribution in [0, 0.1) is 11.8 Å². The highest BCUT2D eigenvalue weighted by Gasteiger charge is 2.28. The average molecular weight is 198 g/mol. The van der Waals surface area contributed by atoms with E-state index in [9.17, 15) is 0 Å². The van der Waals surface area contributed by atoms with Crippen molar-refractivity contribution in [2.45, 2.75) is 45.1 Å². The van der Waals surface area contributed by atoms with Crippen molar-refractivity contribution in [2.24, 2.45) is 17.6 Å². The fourth-order valence-electron chi connectivity index (χ4n) is 2.86. The van der Waals surface area contributed by atoms with E-state index in [4.69, 9.17) is 5.73 Å². The molecule has 0 aromatic carbocycles. The lowest BCUT2D eigenvalue weighted by Gasteiger charge is -2.36. The Hall–Kier alpha value is -0.0800. The molecule has 2 nitrogen and oxygen atoms in total. The maximum Gasteiger partial charge on any atom is 0.0198 e. The molecular formula is C12H26N2. The predicted molar refractivity (Wildman–Crippen MR) is 62.3 cm³/mol. The van der Waals surface area contributed by atoms with Crippen molar-refractivity contribution in [2.75, 3.05) is 20.6 Å². The van der Waals surface area contributed by atoms with Crippen LogP contribution in [0.15, 0.2) is 0 Å². The zero-order valence-electron chi connectivity index (χ0n) is 10.00. The highest BCUT2D eigenvalue weighted by molar-refractivity contribution is 4.83. The third-order valence-corrected chi connectivity index (χ3v) is 3.62. The van der Waals surface area contributed by atoms with Gasteiger partial charge in [-0.1, -0.05) is 32.6 Å². The zero-order chi connectivity index (χ0) is 10.6. The molecular weight excluding hydrogens is 172 g/mol. The minimum atomic E-state index is 0.384. The Kier molecular flexibility index (Phi) is 4.90. The standard InChI is InChI=1S/C12H26N2/c1-4-10-7-5-6-8-11(10)12(13)9-14(2)3/h10-12H,4-9,13H2,1-3H3. The second-order valence-corrected chi connectivity index (χ2v) is 5.04. The molecule has 0 heterocycles. The molecule has 3 atom stereocenters. The lowest BCUT2D eigenvalue weighted by Crippen LogP contribution is -2.43. The fourth-order valence-corrected chi connectivity index (χ4v) is 2.86. The predicted octanol–water partition coefficient (Wildman–Crippen LogP) is 2.09. The van der Waals surface area contributed by atoms with E-state index in [2.05, 4.69) is 25.9 Å². The van der Waals surface area contributed by atoms with Crippen molar-refractivity contribution in [3.05, 3.63) is 0 Å². The van der Waals surface area contributed by atoms with Gasteiger partial charge in [0.1, 0.15) is 0 Å². The van der Waals surface area contributed by atoms with Gasteiger partial charge >= 0.3 is 0 Å². The van der Waals surface area contributed by atoms with E-state index >= 15 is 0 Å². The zero-order valence-corrected chi connectivity index (χ0v) is 10.00. The van der Waals surface area contributed by atoms with Gasteiger partial charge in [-0.25, -0.2) is 0 Å². The molecule has 0 aromatic rings. The molecule has 0 spiro atoms. The monoisotopic (exact) mass is 198 g/mol. The number of hydrogen-bond acceptors (Lipinski definition) is 2. The number of likely N-dealkylation sites (N-methyl/N-ethyl adjacent to an activating group) is 1. The van der Waals surface area contributed by atoms with E-state index in [0.29, 0.717) is 6.04 Å². The molecule has 14 heavy (non-hydrogen) atoms. The molecule has 0 saturated heterocycles. The number of nitrogens with two attached hydrogens (primary N) is 1. The van der Waals surface area contributed by atoms with Gasteiger partial charge in [0, 0.05) is 12.6 Å². The van der Waals surface area contributed by atoms with Crippen molar-refractivity contribution in [1.82, 2.24) is 4.90 Å². The van der Waals surface area contributed by atoms with E-state index in [-0.39, 0.29) is 0 Å². The van der Waals surface area contributed by atoms with Crippen molar-refractivity contribution >= 4 is 0 Å². The van der Waals surface area contributed by atoms with E-state index < -0.39 is 0 Å². The van der Waals surface area contributed by atoms with Gasteiger partial charge < -0.3 is 10.6 Å². The Morgan fingerprint density at radius 3 is 2.50 bits per heavy atom. The summed E-state index contributed by atoms with van der Waals surface area (Å²) in [4.78, 5) is 2.21. The van der Waals surface area contributed by atoms with Gasteiger partial charge in [0.25, 0.3) is 0 Å². The average Bonchev–Trinajstić information content (AvgIpc) is 2.16. The lowest BCUT2D eigenvalue weighted by atomic mass is 9.74. The summed E-state index contributed by atoms with van der Waals surface area (Å²) in [5, 5.41) is 0. The van der Waals surface area contributed by atoms with Crippen molar-refractivity contribution < 1.29 is 0 Å². The van der Waals surface area contributed by atoms with Crippen LogP contribution in [0.2, 0.25) is 0 Å². The number of rotatable bonds is 4. The lowest BCUT2D eigenvalue weighted by molar-refractivity contribution is 0.174. The van der Waals surface area contributed by atoms with Crippen LogP contribution in [-0.4, -0.2) is 31.6 Å². The number of nitrogens with zero attached hydrogens (tertiary/aromatic N) is 1. The normalized spacial score (nSPS) is 30.6. The molecule has 0 aliphatic heterocycles. The van der Waals surface area contributed by atoms with Gasteiger partial charge in [0.2, 0.25) is 0 Å². The van der Waals surface area contributed by atoms with Crippen LogP contribution < -0.4 is 5.73 Å². The Labute approximate surface area is 88.8 Å². The Balaban J connectivity index is 2.45. The molecule has 0 bridgehead atoms. The van der Waals surface area contributed by atoms with E-state index in [1.54, 1.807) is 0 Å². The molecule has 1 aliphatic carbocycles. The first-order valence-electron chi connectivity index (χ1n) is 6.05. The molecule has 1 fully saturated rings. The highest BCUT2D eigenvalue weighted by atomic mass is 15.1. The van der Waals surface area contributed by atoms with Gasteiger partial charge in [-0.3, -0.25) is 0 Å².